The number of ether oxygens (including phenoxy) is 1. The van der Waals surface area contributed by atoms with Crippen molar-refractivity contribution in [2.24, 2.45) is 0 Å². The van der Waals surface area contributed by atoms with Gasteiger partial charge in [0, 0.05) is 18.3 Å². The van der Waals surface area contributed by atoms with Gasteiger partial charge in [-0.1, -0.05) is 12.2 Å². The molecule has 146 valence electrons. The Balaban J connectivity index is 1.55. The van der Waals surface area contributed by atoms with Crippen molar-refractivity contribution in [3.05, 3.63) is 77.5 Å². The third-order valence-corrected chi connectivity index (χ3v) is 4.58. The zero-order valence-electron chi connectivity index (χ0n) is 15.6. The van der Waals surface area contributed by atoms with Crippen molar-refractivity contribution in [1.29, 1.82) is 0 Å². The molecule has 0 spiro atoms. The maximum atomic E-state index is 12.8. The van der Waals surface area contributed by atoms with Gasteiger partial charge in [0.2, 0.25) is 5.91 Å². The lowest BCUT2D eigenvalue weighted by atomic mass is 10.1. The quantitative estimate of drug-likeness (QED) is 0.782. The molecular formula is C22H18N2O5. The number of amides is 3. The Morgan fingerprint density at radius 2 is 1.76 bits per heavy atom. The average Bonchev–Trinajstić information content (AvgIpc) is 2.94. The molecule has 0 saturated heterocycles. The van der Waals surface area contributed by atoms with Gasteiger partial charge in [-0.05, 0) is 55.0 Å². The number of anilines is 1. The second-order valence-corrected chi connectivity index (χ2v) is 6.75. The third kappa shape index (κ3) is 3.68. The molecule has 2 aromatic carbocycles. The van der Waals surface area contributed by atoms with E-state index in [4.69, 9.17) is 4.74 Å². The minimum Gasteiger partial charge on any atom is -0.457 e. The summed E-state index contributed by atoms with van der Waals surface area (Å²) in [6.07, 6.45) is 4.54. The summed E-state index contributed by atoms with van der Waals surface area (Å²) >= 11 is 0. The van der Waals surface area contributed by atoms with Gasteiger partial charge in [-0.2, -0.15) is 0 Å². The van der Waals surface area contributed by atoms with Crippen molar-refractivity contribution >= 4 is 23.4 Å². The molecule has 0 aromatic heterocycles. The van der Waals surface area contributed by atoms with Crippen LogP contribution in [0.2, 0.25) is 0 Å². The number of allylic oxidation sites excluding steroid dienone is 1. The van der Waals surface area contributed by atoms with Crippen LogP contribution in [-0.4, -0.2) is 33.8 Å². The number of nitrogens with one attached hydrogen (secondary N) is 1. The molecule has 7 heteroatoms. The van der Waals surface area contributed by atoms with Crippen LogP contribution in [0, 0.1) is 0 Å². The summed E-state index contributed by atoms with van der Waals surface area (Å²) in [4.78, 5) is 37.7. The SMILES string of the molecule is CC(=O)Nc1ccc(Oc2ccc3c(c2)C(=O)N(C2=CCC(O)C=C2)C3=O)cc1. The Morgan fingerprint density at radius 1 is 1.07 bits per heavy atom. The van der Waals surface area contributed by atoms with Gasteiger partial charge in [0.15, 0.2) is 0 Å². The summed E-state index contributed by atoms with van der Waals surface area (Å²) in [5.41, 5.74) is 1.68. The van der Waals surface area contributed by atoms with Crippen LogP contribution in [0.5, 0.6) is 11.5 Å². The van der Waals surface area contributed by atoms with Crippen LogP contribution in [0.1, 0.15) is 34.1 Å². The molecule has 2 aliphatic rings. The Labute approximate surface area is 166 Å². The second kappa shape index (κ2) is 7.37. The van der Waals surface area contributed by atoms with Crippen LogP contribution in [0.3, 0.4) is 0 Å². The van der Waals surface area contributed by atoms with Crippen LogP contribution in [0.15, 0.2) is 66.4 Å². The average molecular weight is 390 g/mol. The molecule has 0 bridgehead atoms. The topological polar surface area (TPSA) is 95.9 Å². The highest BCUT2D eigenvalue weighted by atomic mass is 16.5. The van der Waals surface area contributed by atoms with E-state index in [1.165, 1.54) is 6.92 Å². The largest absolute Gasteiger partial charge is 0.457 e. The monoisotopic (exact) mass is 390 g/mol. The van der Waals surface area contributed by atoms with Crippen LogP contribution < -0.4 is 10.1 Å². The molecule has 2 aromatic rings. The van der Waals surface area contributed by atoms with Gasteiger partial charge in [-0.25, -0.2) is 4.90 Å². The van der Waals surface area contributed by atoms with Gasteiger partial charge in [0.05, 0.1) is 17.2 Å². The molecular weight excluding hydrogens is 372 g/mol. The van der Waals surface area contributed by atoms with Crippen molar-refractivity contribution in [2.45, 2.75) is 19.4 Å². The van der Waals surface area contributed by atoms with E-state index < -0.39 is 17.9 Å². The lowest BCUT2D eigenvalue weighted by Crippen LogP contribution is -2.29. The van der Waals surface area contributed by atoms with Gasteiger partial charge in [0.25, 0.3) is 11.8 Å². The number of imide groups is 1. The zero-order chi connectivity index (χ0) is 20.5. The molecule has 0 saturated carbocycles. The molecule has 1 heterocycles. The zero-order valence-corrected chi connectivity index (χ0v) is 15.6. The van der Waals surface area contributed by atoms with E-state index in [0.29, 0.717) is 34.9 Å². The molecule has 29 heavy (non-hydrogen) atoms. The smallest absolute Gasteiger partial charge is 0.266 e. The van der Waals surface area contributed by atoms with Crippen molar-refractivity contribution in [3.63, 3.8) is 0 Å². The summed E-state index contributed by atoms with van der Waals surface area (Å²) < 4.78 is 5.79. The van der Waals surface area contributed by atoms with Crippen LogP contribution in [-0.2, 0) is 4.79 Å². The fraction of sp³-hybridized carbons (Fsp3) is 0.136. The van der Waals surface area contributed by atoms with Crippen LogP contribution in [0.25, 0.3) is 0 Å². The van der Waals surface area contributed by atoms with Crippen LogP contribution >= 0.6 is 0 Å². The first-order valence-corrected chi connectivity index (χ1v) is 9.07. The number of benzene rings is 2. The molecule has 3 amide bonds. The maximum absolute atomic E-state index is 12.8. The summed E-state index contributed by atoms with van der Waals surface area (Å²) in [6.45, 7) is 1.43. The number of carbonyl (C=O) groups excluding carboxylic acids is 3. The first-order chi connectivity index (χ1) is 13.9. The molecule has 2 N–H and O–H groups in total. The first-order valence-electron chi connectivity index (χ1n) is 9.07. The van der Waals surface area contributed by atoms with Gasteiger partial charge in [-0.3, -0.25) is 14.4 Å². The Kier molecular flexibility index (Phi) is 4.74. The van der Waals surface area contributed by atoms with Crippen molar-refractivity contribution in [2.75, 3.05) is 5.32 Å². The highest BCUT2D eigenvalue weighted by Gasteiger charge is 2.37. The van der Waals surface area contributed by atoms with Crippen molar-refractivity contribution in [1.82, 2.24) is 4.90 Å². The molecule has 1 aliphatic heterocycles. The lowest BCUT2D eigenvalue weighted by molar-refractivity contribution is -0.114. The molecule has 0 radical (unpaired) electrons. The number of aliphatic hydroxyl groups is 1. The molecule has 1 aliphatic carbocycles. The molecule has 7 nitrogen and oxygen atoms in total. The Hall–Kier alpha value is -3.71. The summed E-state index contributed by atoms with van der Waals surface area (Å²) in [7, 11) is 0. The van der Waals surface area contributed by atoms with E-state index in [-0.39, 0.29) is 11.5 Å². The number of hydrogen-bond acceptors (Lipinski definition) is 5. The maximum Gasteiger partial charge on any atom is 0.266 e. The van der Waals surface area contributed by atoms with E-state index in [9.17, 15) is 19.5 Å². The van der Waals surface area contributed by atoms with E-state index in [1.54, 1.807) is 60.7 Å². The molecule has 1 unspecified atom stereocenters. The number of nitrogens with zero attached hydrogens (tertiary/aromatic N) is 1. The van der Waals surface area contributed by atoms with Crippen LogP contribution in [0.4, 0.5) is 5.69 Å². The predicted molar refractivity (Wildman–Crippen MR) is 106 cm³/mol. The van der Waals surface area contributed by atoms with Crippen molar-refractivity contribution < 1.29 is 24.2 Å². The van der Waals surface area contributed by atoms with Gasteiger partial charge in [-0.15, -0.1) is 0 Å². The first kappa shape index (κ1) is 18.6. The highest BCUT2D eigenvalue weighted by Crippen LogP contribution is 2.32. The highest BCUT2D eigenvalue weighted by molar-refractivity contribution is 6.22. The van der Waals surface area contributed by atoms with Crippen molar-refractivity contribution in [3.8, 4) is 11.5 Å². The van der Waals surface area contributed by atoms with E-state index in [0.717, 1.165) is 4.90 Å². The summed E-state index contributed by atoms with van der Waals surface area (Å²) in [5, 5.41) is 12.2. The Bertz CT molecular complexity index is 1070. The predicted octanol–water partition coefficient (Wildman–Crippen LogP) is 3.24. The molecule has 0 fully saturated rings. The number of hydrogen-bond donors (Lipinski definition) is 2. The van der Waals surface area contributed by atoms with E-state index in [2.05, 4.69) is 5.32 Å². The number of carbonyl (C=O) groups is 3. The number of fused-ring (bicyclic) bond motifs is 1. The van der Waals surface area contributed by atoms with E-state index >= 15 is 0 Å². The summed E-state index contributed by atoms with van der Waals surface area (Å²) in [6, 6.07) is 11.5. The molecule has 1 atom stereocenters. The standard InChI is InChI=1S/C22H18N2O5/c1-13(25)23-14-2-8-17(9-3-14)29-18-10-11-19-20(12-18)22(28)24(21(19)27)15-4-6-16(26)7-5-15/h2-6,8-12,16,26H,7H2,1H3,(H,23,25). The third-order valence-electron chi connectivity index (χ3n) is 4.58. The minimum absolute atomic E-state index is 0.164. The van der Waals surface area contributed by atoms with Gasteiger partial charge in [0.1, 0.15) is 11.5 Å². The minimum atomic E-state index is -0.606. The van der Waals surface area contributed by atoms with E-state index in [1.807, 2.05) is 0 Å². The number of rotatable bonds is 4. The molecule has 4 rings (SSSR count). The normalized spacial score (nSPS) is 17.8. The second-order valence-electron chi connectivity index (χ2n) is 6.75. The Morgan fingerprint density at radius 3 is 2.41 bits per heavy atom. The summed E-state index contributed by atoms with van der Waals surface area (Å²) in [5.74, 6) is -0.0445. The van der Waals surface area contributed by atoms with Gasteiger partial charge >= 0.3 is 0 Å². The number of aliphatic hydroxyl groups excluding tert-OH is 1. The fourth-order valence-electron chi connectivity index (χ4n) is 3.23. The van der Waals surface area contributed by atoms with Gasteiger partial charge < -0.3 is 15.2 Å². The lowest BCUT2D eigenvalue weighted by Gasteiger charge is -2.18. The fourth-order valence-corrected chi connectivity index (χ4v) is 3.23.